The van der Waals surface area contributed by atoms with Gasteiger partial charge in [-0.15, -0.1) is 0 Å². The number of ether oxygens (including phenoxy) is 2. The topological polar surface area (TPSA) is 61.8 Å². The number of hydrogen-bond acceptors (Lipinski definition) is 5. The fourth-order valence-electron chi connectivity index (χ4n) is 4.54. The van der Waals surface area contributed by atoms with Crippen LogP contribution in [0.3, 0.4) is 0 Å². The summed E-state index contributed by atoms with van der Waals surface area (Å²) < 4.78 is 17.9. The van der Waals surface area contributed by atoms with Crippen LogP contribution in [-0.4, -0.2) is 32.5 Å². The number of esters is 2. The highest BCUT2D eigenvalue weighted by Gasteiger charge is 2.66. The van der Waals surface area contributed by atoms with Gasteiger partial charge in [0.05, 0.1) is 16.7 Å². The Morgan fingerprint density at radius 1 is 1.30 bits per heavy atom. The molecular formula is C21H32O5Si. The fraction of sp³-hybridized carbons (Fsp3) is 0.714. The monoisotopic (exact) mass is 392 g/mol. The van der Waals surface area contributed by atoms with Gasteiger partial charge in [0.1, 0.15) is 12.2 Å². The molecule has 5 nitrogen and oxygen atoms in total. The molecule has 27 heavy (non-hydrogen) atoms. The Balaban J connectivity index is 2.09. The summed E-state index contributed by atoms with van der Waals surface area (Å²) >= 11 is 0. The third-order valence-electron chi connectivity index (χ3n) is 7.18. The van der Waals surface area contributed by atoms with E-state index in [-0.39, 0.29) is 29.5 Å². The molecule has 2 fully saturated rings. The van der Waals surface area contributed by atoms with Crippen LogP contribution < -0.4 is 0 Å². The molecule has 0 N–H and O–H groups in total. The summed E-state index contributed by atoms with van der Waals surface area (Å²) in [7, 11) is -2.12. The van der Waals surface area contributed by atoms with Crippen molar-refractivity contribution in [2.75, 3.05) is 6.61 Å². The zero-order chi connectivity index (χ0) is 20.4. The molecule has 1 saturated heterocycles. The summed E-state index contributed by atoms with van der Waals surface area (Å²) in [4.78, 5) is 24.9. The average molecular weight is 393 g/mol. The maximum Gasteiger partial charge on any atom is 0.338 e. The standard InChI is InChI=1S/C21H32O5Si/c1-13-9-10-21(15(13)11-16(22)25-21)20(6)12-24-18(23)17(20)14(2)26-27(7,8)19(3,4)5/h11,13H,9-10,12H2,1-8H3/b17-14-/t13-,20-,21+/m1/s1. The molecule has 0 spiro atoms. The van der Waals surface area contributed by atoms with Crippen LogP contribution >= 0.6 is 0 Å². The molecule has 3 atom stereocenters. The highest BCUT2D eigenvalue weighted by Crippen LogP contribution is 2.60. The first-order valence-electron chi connectivity index (χ1n) is 9.78. The first kappa shape index (κ1) is 20.2. The van der Waals surface area contributed by atoms with Crippen molar-refractivity contribution in [1.82, 2.24) is 0 Å². The van der Waals surface area contributed by atoms with Gasteiger partial charge < -0.3 is 13.9 Å². The number of hydrogen-bond donors (Lipinski definition) is 0. The molecule has 0 aromatic rings. The van der Waals surface area contributed by atoms with Gasteiger partial charge in [-0.3, -0.25) is 0 Å². The number of allylic oxidation sites excluding steroid dienone is 1. The van der Waals surface area contributed by atoms with E-state index in [1.54, 1.807) is 6.08 Å². The first-order chi connectivity index (χ1) is 12.3. The van der Waals surface area contributed by atoms with Crippen LogP contribution in [0.15, 0.2) is 23.0 Å². The average Bonchev–Trinajstić information content (AvgIpc) is 3.11. The van der Waals surface area contributed by atoms with Crippen LogP contribution in [0.4, 0.5) is 0 Å². The number of fused-ring (bicyclic) bond motifs is 1. The van der Waals surface area contributed by atoms with E-state index in [1.165, 1.54) is 0 Å². The van der Waals surface area contributed by atoms with E-state index in [2.05, 4.69) is 40.8 Å². The maximum atomic E-state index is 12.8. The second-order valence-electron chi connectivity index (χ2n) is 9.99. The molecule has 3 rings (SSSR count). The van der Waals surface area contributed by atoms with Crippen molar-refractivity contribution < 1.29 is 23.5 Å². The van der Waals surface area contributed by atoms with Crippen LogP contribution in [0.1, 0.15) is 54.4 Å². The summed E-state index contributed by atoms with van der Waals surface area (Å²) in [6.07, 6.45) is 3.25. The van der Waals surface area contributed by atoms with Gasteiger partial charge in [-0.05, 0) is 56.3 Å². The van der Waals surface area contributed by atoms with Gasteiger partial charge >= 0.3 is 11.9 Å². The van der Waals surface area contributed by atoms with Gasteiger partial charge in [0.15, 0.2) is 0 Å². The van der Waals surface area contributed by atoms with E-state index < -0.39 is 19.3 Å². The van der Waals surface area contributed by atoms with E-state index in [4.69, 9.17) is 13.9 Å². The van der Waals surface area contributed by atoms with Gasteiger partial charge in [0.2, 0.25) is 8.32 Å². The third-order valence-corrected chi connectivity index (χ3v) is 11.6. The van der Waals surface area contributed by atoms with Crippen molar-refractivity contribution in [1.29, 1.82) is 0 Å². The molecule has 0 aromatic heterocycles. The Morgan fingerprint density at radius 2 is 1.93 bits per heavy atom. The van der Waals surface area contributed by atoms with Crippen molar-refractivity contribution in [2.24, 2.45) is 11.3 Å². The number of cyclic esters (lactones) is 1. The van der Waals surface area contributed by atoms with Gasteiger partial charge in [-0.2, -0.15) is 0 Å². The first-order valence-corrected chi connectivity index (χ1v) is 12.7. The minimum absolute atomic E-state index is 0.0127. The molecule has 2 aliphatic heterocycles. The molecule has 2 heterocycles. The number of carbonyl (C=O) groups is 2. The molecule has 1 saturated carbocycles. The molecule has 1 aliphatic carbocycles. The highest BCUT2D eigenvalue weighted by atomic mass is 28.4. The zero-order valence-corrected chi connectivity index (χ0v) is 18.8. The van der Waals surface area contributed by atoms with E-state index in [1.807, 2.05) is 13.8 Å². The summed E-state index contributed by atoms with van der Waals surface area (Å²) in [5, 5.41) is 0.0127. The molecule has 6 heteroatoms. The maximum absolute atomic E-state index is 12.8. The molecule has 150 valence electrons. The number of rotatable bonds is 3. The van der Waals surface area contributed by atoms with Crippen molar-refractivity contribution in [3.63, 3.8) is 0 Å². The third kappa shape index (κ3) is 2.79. The predicted octanol–water partition coefficient (Wildman–Crippen LogP) is 4.50. The zero-order valence-electron chi connectivity index (χ0n) is 17.8. The molecule has 0 unspecified atom stereocenters. The van der Waals surface area contributed by atoms with Gasteiger partial charge in [-0.1, -0.05) is 27.7 Å². The summed E-state index contributed by atoms with van der Waals surface area (Å²) in [5.74, 6) is 0.194. The molecule has 3 aliphatic rings. The molecule has 0 amide bonds. The predicted molar refractivity (Wildman–Crippen MR) is 105 cm³/mol. The Hall–Kier alpha value is -1.56. The van der Waals surface area contributed by atoms with Crippen LogP contribution in [0.2, 0.25) is 18.1 Å². The summed E-state index contributed by atoms with van der Waals surface area (Å²) in [6, 6.07) is 0. The van der Waals surface area contributed by atoms with Gasteiger partial charge in [0, 0.05) is 6.08 Å². The SMILES string of the molecule is C/C(O[Si](C)(C)C(C)(C)C)=C1\C(=O)OC[C@@]1(C)[C@]12CC[C@@H](C)C1=CC(=O)O2. The smallest absolute Gasteiger partial charge is 0.338 e. The van der Waals surface area contributed by atoms with E-state index >= 15 is 0 Å². The Labute approximate surface area is 163 Å². The molecule has 0 bridgehead atoms. The lowest BCUT2D eigenvalue weighted by molar-refractivity contribution is -0.155. The Morgan fingerprint density at radius 3 is 2.52 bits per heavy atom. The second kappa shape index (κ2) is 5.97. The summed E-state index contributed by atoms with van der Waals surface area (Å²) in [6.45, 7) is 17.0. The normalized spacial score (nSPS) is 35.6. The minimum atomic E-state index is -2.12. The minimum Gasteiger partial charge on any atom is -0.546 e. The van der Waals surface area contributed by atoms with Crippen molar-refractivity contribution in [3.05, 3.63) is 23.0 Å². The molecule has 0 aromatic carbocycles. The Kier molecular flexibility index (Phi) is 4.46. The molecular weight excluding hydrogens is 360 g/mol. The van der Waals surface area contributed by atoms with Crippen LogP contribution in [0.5, 0.6) is 0 Å². The lowest BCUT2D eigenvalue weighted by atomic mass is 9.66. The lowest BCUT2D eigenvalue weighted by Crippen LogP contribution is -2.49. The van der Waals surface area contributed by atoms with E-state index in [0.29, 0.717) is 17.8 Å². The summed E-state index contributed by atoms with van der Waals surface area (Å²) in [5.41, 5.74) is -0.0181. The lowest BCUT2D eigenvalue weighted by Gasteiger charge is -2.42. The van der Waals surface area contributed by atoms with Gasteiger partial charge in [-0.25, -0.2) is 9.59 Å². The highest BCUT2D eigenvalue weighted by molar-refractivity contribution is 6.74. The number of carbonyl (C=O) groups excluding carboxylic acids is 2. The quantitative estimate of drug-likeness (QED) is 0.306. The van der Waals surface area contributed by atoms with Crippen molar-refractivity contribution in [3.8, 4) is 0 Å². The Bertz CT molecular complexity index is 757. The van der Waals surface area contributed by atoms with E-state index in [0.717, 1.165) is 12.0 Å². The fourth-order valence-corrected chi connectivity index (χ4v) is 5.71. The van der Waals surface area contributed by atoms with Crippen molar-refractivity contribution in [2.45, 2.75) is 78.1 Å². The largest absolute Gasteiger partial charge is 0.546 e. The van der Waals surface area contributed by atoms with Crippen LogP contribution in [-0.2, 0) is 23.5 Å². The molecule has 0 radical (unpaired) electrons. The van der Waals surface area contributed by atoms with Crippen molar-refractivity contribution >= 4 is 20.3 Å². The van der Waals surface area contributed by atoms with Crippen LogP contribution in [0, 0.1) is 11.3 Å². The van der Waals surface area contributed by atoms with Gasteiger partial charge in [0.25, 0.3) is 0 Å². The van der Waals surface area contributed by atoms with E-state index in [9.17, 15) is 9.59 Å². The second-order valence-corrected chi connectivity index (χ2v) is 14.7. The van der Waals surface area contributed by atoms with Crippen LogP contribution in [0.25, 0.3) is 0 Å².